The van der Waals surface area contributed by atoms with Crippen LogP contribution in [0.15, 0.2) is 0 Å². The summed E-state index contributed by atoms with van der Waals surface area (Å²) in [7, 11) is 0. The van der Waals surface area contributed by atoms with Gasteiger partial charge in [0.15, 0.2) is 0 Å². The van der Waals surface area contributed by atoms with Crippen LogP contribution in [-0.2, 0) is 0 Å². The van der Waals surface area contributed by atoms with Crippen molar-refractivity contribution in [2.75, 3.05) is 0 Å². The Kier molecular flexibility index (Phi) is 22.4. The fourth-order valence-electron chi connectivity index (χ4n) is 1.76. The molecule has 0 aliphatic heterocycles. The van der Waals surface area contributed by atoms with Crippen molar-refractivity contribution in [2.45, 2.75) is 93.9 Å². The van der Waals surface area contributed by atoms with Crippen LogP contribution in [0.2, 0.25) is 0 Å². The van der Waals surface area contributed by atoms with Gasteiger partial charge in [-0.1, -0.05) is 81.1 Å². The van der Waals surface area contributed by atoms with Crippen molar-refractivity contribution >= 4 is 0 Å². The van der Waals surface area contributed by atoms with Gasteiger partial charge in [0.05, 0.1) is 0 Å². The molecule has 0 aromatic heterocycles. The maximum absolute atomic E-state index is 2.44. The Morgan fingerprint density at radius 1 is 0.733 bits per heavy atom. The predicted molar refractivity (Wildman–Crippen MR) is 75.5 cm³/mol. The Balaban J connectivity index is -0.000000208. The molecule has 0 radical (unpaired) electrons. The maximum Gasteiger partial charge on any atom is -0.0328 e. The molecule has 96 valence electrons. The average Bonchev–Trinajstić information content (AvgIpc) is 2.38. The Morgan fingerprint density at radius 2 is 1.07 bits per heavy atom. The minimum atomic E-state index is 0.720. The third kappa shape index (κ3) is 11.9. The Morgan fingerprint density at radius 3 is 1.27 bits per heavy atom. The molecule has 1 aliphatic carbocycles. The first-order valence-corrected chi connectivity index (χ1v) is 7.27. The van der Waals surface area contributed by atoms with Crippen molar-refractivity contribution in [1.82, 2.24) is 0 Å². The molecule has 0 atom stereocenters. The summed E-state index contributed by atoms with van der Waals surface area (Å²) in [6.45, 7) is 16.8. The zero-order valence-corrected chi connectivity index (χ0v) is 12.7. The lowest BCUT2D eigenvalue weighted by molar-refractivity contribution is 0.208. The molecular formula is C15H36. The molecule has 0 heterocycles. The van der Waals surface area contributed by atoms with Gasteiger partial charge >= 0.3 is 0 Å². The molecule has 0 amide bonds. The van der Waals surface area contributed by atoms with Gasteiger partial charge in [0, 0.05) is 0 Å². The summed E-state index contributed by atoms with van der Waals surface area (Å²) in [5, 5.41) is 0. The second-order valence-electron chi connectivity index (χ2n) is 3.72. The zero-order chi connectivity index (χ0) is 12.7. The normalized spacial score (nSPS) is 16.8. The first-order chi connectivity index (χ1) is 7.27. The van der Waals surface area contributed by atoms with E-state index in [1.807, 2.05) is 41.5 Å². The van der Waals surface area contributed by atoms with Gasteiger partial charge < -0.3 is 0 Å². The summed E-state index contributed by atoms with van der Waals surface area (Å²) in [4.78, 5) is 0. The summed E-state index contributed by atoms with van der Waals surface area (Å²) < 4.78 is 0. The van der Waals surface area contributed by atoms with Crippen molar-refractivity contribution in [1.29, 1.82) is 0 Å². The Labute approximate surface area is 99.9 Å². The van der Waals surface area contributed by atoms with Crippen LogP contribution in [0.1, 0.15) is 93.9 Å². The zero-order valence-electron chi connectivity index (χ0n) is 12.7. The van der Waals surface area contributed by atoms with Crippen LogP contribution in [0.25, 0.3) is 0 Å². The Bertz CT molecular complexity index is 78.0. The van der Waals surface area contributed by atoms with E-state index in [1.54, 1.807) is 0 Å². The summed E-state index contributed by atoms with van der Waals surface area (Å²) in [5.74, 6) is 0. The summed E-state index contributed by atoms with van der Waals surface area (Å²) in [5.41, 5.74) is 0.720. The van der Waals surface area contributed by atoms with Crippen LogP contribution in [0, 0.1) is 5.41 Å². The number of rotatable bonds is 1. The SMILES string of the molecule is CC.CC.CC.CCC1(C)CCCCC1. The van der Waals surface area contributed by atoms with Crippen molar-refractivity contribution < 1.29 is 0 Å². The van der Waals surface area contributed by atoms with Crippen LogP contribution in [0.3, 0.4) is 0 Å². The second-order valence-corrected chi connectivity index (χ2v) is 3.72. The minimum absolute atomic E-state index is 0.720. The van der Waals surface area contributed by atoms with Crippen molar-refractivity contribution in [3.8, 4) is 0 Å². The van der Waals surface area contributed by atoms with E-state index >= 15 is 0 Å². The first-order valence-electron chi connectivity index (χ1n) is 7.27. The lowest BCUT2D eigenvalue weighted by atomic mass is 9.74. The quantitative estimate of drug-likeness (QED) is 0.473. The molecule has 1 saturated carbocycles. The number of hydrogen-bond acceptors (Lipinski definition) is 0. The largest absolute Gasteiger partial charge is 0.0683 e. The molecule has 0 spiro atoms. The van der Waals surface area contributed by atoms with Crippen LogP contribution in [0.5, 0.6) is 0 Å². The van der Waals surface area contributed by atoms with Gasteiger partial charge in [-0.2, -0.15) is 0 Å². The highest BCUT2D eigenvalue weighted by Crippen LogP contribution is 2.37. The van der Waals surface area contributed by atoms with Gasteiger partial charge in [0.1, 0.15) is 0 Å². The minimum Gasteiger partial charge on any atom is -0.0683 e. The summed E-state index contributed by atoms with van der Waals surface area (Å²) in [6, 6.07) is 0. The van der Waals surface area contributed by atoms with E-state index in [-0.39, 0.29) is 0 Å². The van der Waals surface area contributed by atoms with Crippen LogP contribution < -0.4 is 0 Å². The lowest BCUT2D eigenvalue weighted by Gasteiger charge is -2.32. The molecular weight excluding hydrogens is 180 g/mol. The van der Waals surface area contributed by atoms with Crippen molar-refractivity contribution in [3.05, 3.63) is 0 Å². The highest BCUT2D eigenvalue weighted by atomic mass is 14.3. The van der Waals surface area contributed by atoms with Gasteiger partial charge in [-0.25, -0.2) is 0 Å². The van der Waals surface area contributed by atoms with E-state index in [4.69, 9.17) is 0 Å². The molecule has 0 N–H and O–H groups in total. The molecule has 1 rings (SSSR count). The molecule has 0 unspecified atom stereocenters. The van der Waals surface area contributed by atoms with E-state index in [0.29, 0.717) is 0 Å². The molecule has 0 aromatic rings. The smallest absolute Gasteiger partial charge is 0.0328 e. The standard InChI is InChI=1S/C9H18.3C2H6/c1-3-9(2)7-5-4-6-8-9;3*1-2/h3-8H2,1-2H3;3*1-2H3. The van der Waals surface area contributed by atoms with Crippen molar-refractivity contribution in [2.24, 2.45) is 5.41 Å². The highest BCUT2D eigenvalue weighted by molar-refractivity contribution is 4.76. The topological polar surface area (TPSA) is 0 Å². The molecule has 1 fully saturated rings. The lowest BCUT2D eigenvalue weighted by Crippen LogP contribution is -2.18. The molecule has 0 saturated heterocycles. The first kappa shape index (κ1) is 20.4. The maximum atomic E-state index is 2.44. The van der Waals surface area contributed by atoms with Crippen LogP contribution in [0.4, 0.5) is 0 Å². The van der Waals surface area contributed by atoms with E-state index in [2.05, 4.69) is 13.8 Å². The molecule has 0 aromatic carbocycles. The van der Waals surface area contributed by atoms with Crippen molar-refractivity contribution in [3.63, 3.8) is 0 Å². The van der Waals surface area contributed by atoms with Gasteiger partial charge in [0.25, 0.3) is 0 Å². The third-order valence-corrected chi connectivity index (χ3v) is 2.91. The van der Waals surface area contributed by atoms with E-state index < -0.39 is 0 Å². The predicted octanol–water partition coefficient (Wildman–Crippen LogP) is 6.45. The molecule has 0 bridgehead atoms. The van der Waals surface area contributed by atoms with E-state index in [0.717, 1.165) is 5.41 Å². The number of hydrogen-bond donors (Lipinski definition) is 0. The van der Waals surface area contributed by atoms with E-state index in [1.165, 1.54) is 38.5 Å². The molecule has 0 nitrogen and oxygen atoms in total. The Hall–Kier alpha value is 0. The van der Waals surface area contributed by atoms with Gasteiger partial charge in [-0.3, -0.25) is 0 Å². The molecule has 0 heteroatoms. The third-order valence-electron chi connectivity index (χ3n) is 2.91. The average molecular weight is 216 g/mol. The van der Waals surface area contributed by atoms with Gasteiger partial charge in [-0.15, -0.1) is 0 Å². The van der Waals surface area contributed by atoms with Gasteiger partial charge in [-0.05, 0) is 18.3 Å². The van der Waals surface area contributed by atoms with Crippen LogP contribution in [-0.4, -0.2) is 0 Å². The summed E-state index contributed by atoms with van der Waals surface area (Å²) >= 11 is 0. The van der Waals surface area contributed by atoms with E-state index in [9.17, 15) is 0 Å². The molecule has 15 heavy (non-hydrogen) atoms. The highest BCUT2D eigenvalue weighted by Gasteiger charge is 2.23. The monoisotopic (exact) mass is 216 g/mol. The fraction of sp³-hybridized carbons (Fsp3) is 1.00. The van der Waals surface area contributed by atoms with Crippen LogP contribution >= 0.6 is 0 Å². The molecule has 1 aliphatic rings. The fourth-order valence-corrected chi connectivity index (χ4v) is 1.76. The van der Waals surface area contributed by atoms with Gasteiger partial charge in [0.2, 0.25) is 0 Å². The summed E-state index contributed by atoms with van der Waals surface area (Å²) in [6.07, 6.45) is 8.77. The second kappa shape index (κ2) is 16.4.